The van der Waals surface area contributed by atoms with Crippen LogP contribution in [0.4, 0.5) is 4.39 Å². The topological polar surface area (TPSA) is 73.0 Å². The molecule has 1 saturated carbocycles. The highest BCUT2D eigenvalue weighted by atomic mass is 32.2. The Bertz CT molecular complexity index is 1800. The van der Waals surface area contributed by atoms with Gasteiger partial charge in [0.2, 0.25) is 0 Å². The van der Waals surface area contributed by atoms with Crippen LogP contribution in [0.15, 0.2) is 90.2 Å². The molecular weight excluding hydrogens is 501 g/mol. The van der Waals surface area contributed by atoms with Gasteiger partial charge < -0.3 is 0 Å². The van der Waals surface area contributed by atoms with Crippen molar-refractivity contribution in [1.82, 2.24) is 23.9 Å². The van der Waals surface area contributed by atoms with Gasteiger partial charge in [0.05, 0.1) is 17.4 Å². The number of nitrogens with zero attached hydrogens (tertiary/aromatic N) is 5. The van der Waals surface area contributed by atoms with E-state index < -0.39 is 10.0 Å². The van der Waals surface area contributed by atoms with Crippen molar-refractivity contribution in [3.8, 4) is 5.69 Å². The highest BCUT2D eigenvalue weighted by molar-refractivity contribution is 7.89. The van der Waals surface area contributed by atoms with Crippen LogP contribution in [-0.4, -0.2) is 45.4 Å². The maximum atomic E-state index is 13.5. The zero-order chi connectivity index (χ0) is 26.2. The van der Waals surface area contributed by atoms with Crippen LogP contribution >= 0.6 is 0 Å². The van der Waals surface area contributed by atoms with Crippen molar-refractivity contribution in [3.63, 3.8) is 0 Å². The Hall–Kier alpha value is -3.82. The molecule has 1 saturated heterocycles. The van der Waals surface area contributed by atoms with Gasteiger partial charge in [-0.2, -0.15) is 14.5 Å². The standard InChI is InChI=1S/C29H26FN5O2S/c1-19-14-26-21(16-31-35(26)23-10-8-22(30)9-11-23)15-24(19)29-18-34(38(36,37)27-12-13-33(2)32-27)17-25(29)28(29)20-6-4-3-5-7-20/h3-16,25,28H,17-18H2,1-2H3. The molecule has 3 atom stereocenters. The SMILES string of the molecule is Cc1cc2c(cnn2-c2ccc(F)cc2)cc1C12CN(S(=O)(=O)c3ccn(C)n3)CC1C2c1ccccc1. The Labute approximate surface area is 220 Å². The number of aromatic nitrogens is 4. The fourth-order valence-corrected chi connectivity index (χ4v) is 8.01. The molecule has 1 aliphatic carbocycles. The van der Waals surface area contributed by atoms with Gasteiger partial charge in [-0.1, -0.05) is 30.3 Å². The van der Waals surface area contributed by atoms with Crippen molar-refractivity contribution in [2.75, 3.05) is 13.1 Å². The van der Waals surface area contributed by atoms with Gasteiger partial charge in [-0.05, 0) is 72.0 Å². The molecule has 0 bridgehead atoms. The van der Waals surface area contributed by atoms with Crippen molar-refractivity contribution >= 4 is 20.9 Å². The number of hydrogen-bond acceptors (Lipinski definition) is 4. The smallest absolute Gasteiger partial charge is 0.262 e. The summed E-state index contributed by atoms with van der Waals surface area (Å²) in [5, 5.41) is 9.83. The highest BCUT2D eigenvalue weighted by Crippen LogP contribution is 2.70. The second-order valence-corrected chi connectivity index (χ2v) is 12.3. The van der Waals surface area contributed by atoms with Crippen LogP contribution in [0.3, 0.4) is 0 Å². The van der Waals surface area contributed by atoms with E-state index in [-0.39, 0.29) is 28.1 Å². The molecular formula is C29H26FN5O2S. The van der Waals surface area contributed by atoms with Gasteiger partial charge in [0, 0.05) is 43.1 Å². The predicted molar refractivity (Wildman–Crippen MR) is 142 cm³/mol. The summed E-state index contributed by atoms with van der Waals surface area (Å²) >= 11 is 0. The van der Waals surface area contributed by atoms with Gasteiger partial charge in [0.25, 0.3) is 10.0 Å². The molecule has 3 aromatic carbocycles. The third kappa shape index (κ3) is 3.31. The number of fused-ring (bicyclic) bond motifs is 2. The van der Waals surface area contributed by atoms with Gasteiger partial charge in [0.15, 0.2) is 5.03 Å². The van der Waals surface area contributed by atoms with E-state index in [1.165, 1.54) is 22.4 Å². The van der Waals surface area contributed by atoms with Crippen LogP contribution in [0.5, 0.6) is 0 Å². The van der Waals surface area contributed by atoms with Crippen LogP contribution in [-0.2, 0) is 22.5 Å². The van der Waals surface area contributed by atoms with Crippen molar-refractivity contribution in [3.05, 3.63) is 108 Å². The maximum absolute atomic E-state index is 13.5. The number of hydrogen-bond donors (Lipinski definition) is 0. The molecule has 0 amide bonds. The summed E-state index contributed by atoms with van der Waals surface area (Å²) in [7, 11) is -1.99. The van der Waals surface area contributed by atoms with Gasteiger partial charge >= 0.3 is 0 Å². The number of rotatable bonds is 5. The molecule has 1 aliphatic heterocycles. The third-order valence-corrected chi connectivity index (χ3v) is 9.99. The van der Waals surface area contributed by atoms with E-state index in [0.29, 0.717) is 13.1 Å². The molecule has 3 heterocycles. The summed E-state index contributed by atoms with van der Waals surface area (Å²) in [6.07, 6.45) is 3.48. The number of halogens is 1. The Kier molecular flexibility index (Phi) is 4.96. The Balaban J connectivity index is 1.33. The van der Waals surface area contributed by atoms with Crippen molar-refractivity contribution in [1.29, 1.82) is 0 Å². The van der Waals surface area contributed by atoms with E-state index in [9.17, 15) is 12.8 Å². The van der Waals surface area contributed by atoms with E-state index in [1.54, 1.807) is 35.7 Å². The van der Waals surface area contributed by atoms with Crippen molar-refractivity contribution in [2.24, 2.45) is 13.0 Å². The van der Waals surface area contributed by atoms with Crippen molar-refractivity contribution < 1.29 is 12.8 Å². The minimum Gasteiger partial charge on any atom is -0.274 e. The fraction of sp³-hybridized carbons (Fsp3) is 0.241. The second kappa shape index (κ2) is 8.09. The first-order valence-electron chi connectivity index (χ1n) is 12.6. The molecule has 7 nitrogen and oxygen atoms in total. The molecule has 2 fully saturated rings. The largest absolute Gasteiger partial charge is 0.274 e. The lowest BCUT2D eigenvalue weighted by Crippen LogP contribution is -2.35. The summed E-state index contributed by atoms with van der Waals surface area (Å²) in [6.45, 7) is 2.93. The summed E-state index contributed by atoms with van der Waals surface area (Å²) < 4.78 is 45.5. The molecule has 5 aromatic rings. The fourth-order valence-electron chi connectivity index (χ4n) is 6.54. The van der Waals surface area contributed by atoms with Crippen LogP contribution in [0.2, 0.25) is 0 Å². The zero-order valence-electron chi connectivity index (χ0n) is 21.0. The number of benzene rings is 3. The van der Waals surface area contributed by atoms with E-state index in [0.717, 1.165) is 27.7 Å². The molecule has 2 aromatic heterocycles. The maximum Gasteiger partial charge on any atom is 0.262 e. The van der Waals surface area contributed by atoms with Gasteiger partial charge in [0.1, 0.15) is 5.82 Å². The van der Waals surface area contributed by atoms with Gasteiger partial charge in [-0.3, -0.25) is 4.68 Å². The lowest BCUT2D eigenvalue weighted by Gasteiger charge is -2.24. The molecule has 38 heavy (non-hydrogen) atoms. The summed E-state index contributed by atoms with van der Waals surface area (Å²) in [4.78, 5) is 0. The number of piperidine rings is 1. The first-order chi connectivity index (χ1) is 18.3. The van der Waals surface area contributed by atoms with E-state index in [2.05, 4.69) is 41.4 Å². The van der Waals surface area contributed by atoms with Gasteiger partial charge in [-0.25, -0.2) is 17.5 Å². The Morgan fingerprint density at radius 3 is 2.50 bits per heavy atom. The summed E-state index contributed by atoms with van der Waals surface area (Å²) in [5.41, 5.74) is 4.85. The minimum absolute atomic E-state index is 0.0838. The van der Waals surface area contributed by atoms with Crippen LogP contribution in [0, 0.1) is 18.7 Å². The lowest BCUT2D eigenvalue weighted by atomic mass is 9.87. The first kappa shape index (κ1) is 23.3. The Morgan fingerprint density at radius 2 is 1.79 bits per heavy atom. The number of sulfonamides is 1. The predicted octanol–water partition coefficient (Wildman–Crippen LogP) is 4.56. The monoisotopic (exact) mass is 527 g/mol. The molecule has 7 rings (SSSR count). The highest BCUT2D eigenvalue weighted by Gasteiger charge is 2.71. The minimum atomic E-state index is -3.71. The molecule has 0 N–H and O–H groups in total. The lowest BCUT2D eigenvalue weighted by molar-refractivity contribution is 0.418. The number of aryl methyl sites for hydroxylation is 2. The summed E-state index contributed by atoms with van der Waals surface area (Å²) in [5.74, 6) is 0.0924. The third-order valence-electron chi connectivity index (χ3n) is 8.29. The first-order valence-corrected chi connectivity index (χ1v) is 14.0. The van der Waals surface area contributed by atoms with Crippen LogP contribution in [0.1, 0.15) is 22.6 Å². The average molecular weight is 528 g/mol. The molecule has 0 spiro atoms. The summed E-state index contributed by atoms with van der Waals surface area (Å²) in [6, 6.07) is 22.5. The van der Waals surface area contributed by atoms with Crippen LogP contribution in [0.25, 0.3) is 16.6 Å². The van der Waals surface area contributed by atoms with E-state index in [1.807, 2.05) is 29.1 Å². The average Bonchev–Trinajstić information content (AvgIpc) is 3.34. The Morgan fingerprint density at radius 1 is 1.03 bits per heavy atom. The molecule has 0 radical (unpaired) electrons. The molecule has 192 valence electrons. The normalized spacial score (nSPS) is 23.1. The molecule has 3 unspecified atom stereocenters. The van der Waals surface area contributed by atoms with E-state index >= 15 is 0 Å². The van der Waals surface area contributed by atoms with Crippen LogP contribution < -0.4 is 0 Å². The second-order valence-electron chi connectivity index (χ2n) is 10.4. The van der Waals surface area contributed by atoms with E-state index in [4.69, 9.17) is 0 Å². The molecule has 9 heteroatoms. The van der Waals surface area contributed by atoms with Crippen molar-refractivity contribution in [2.45, 2.75) is 23.3 Å². The van der Waals surface area contributed by atoms with Gasteiger partial charge in [-0.15, -0.1) is 0 Å². The zero-order valence-corrected chi connectivity index (χ0v) is 21.8. The quantitative estimate of drug-likeness (QED) is 0.336. The molecule has 2 aliphatic rings.